The summed E-state index contributed by atoms with van der Waals surface area (Å²) in [6.07, 6.45) is 4.65. The van der Waals surface area contributed by atoms with Crippen LogP contribution in [0.5, 0.6) is 5.88 Å². The van der Waals surface area contributed by atoms with Crippen molar-refractivity contribution in [3.05, 3.63) is 47.7 Å². The van der Waals surface area contributed by atoms with Crippen molar-refractivity contribution in [3.8, 4) is 5.88 Å². The van der Waals surface area contributed by atoms with Gasteiger partial charge in [-0.3, -0.25) is 19.3 Å². The fraction of sp³-hybridized carbons (Fsp3) is 0.500. The minimum Gasteiger partial charge on any atom is -0.481 e. The quantitative estimate of drug-likeness (QED) is 0.567. The van der Waals surface area contributed by atoms with Crippen molar-refractivity contribution in [2.24, 2.45) is 5.41 Å². The van der Waals surface area contributed by atoms with Crippen molar-refractivity contribution >= 4 is 29.1 Å². The Hall–Kier alpha value is -3.46. The summed E-state index contributed by atoms with van der Waals surface area (Å²) in [6, 6.07) is 8.71. The highest BCUT2D eigenvalue weighted by molar-refractivity contribution is 6.13. The van der Waals surface area contributed by atoms with Crippen LogP contribution in [0, 0.1) is 5.41 Å². The number of hydrogen-bond acceptors (Lipinski definition) is 6. The van der Waals surface area contributed by atoms with Gasteiger partial charge in [-0.05, 0) is 55.4 Å². The van der Waals surface area contributed by atoms with E-state index in [0.717, 1.165) is 24.8 Å². The SMILES string of the molecule is COc1ccc(C(C)NC(=O)c2ccc3c(c2)N(C(=O)CNCC(C)(C)C)CC(=O)N3C2CCC2)cn1. The molecule has 2 aromatic rings. The smallest absolute Gasteiger partial charge is 0.251 e. The molecule has 1 aromatic carbocycles. The minimum atomic E-state index is -0.283. The molecule has 0 saturated heterocycles. The van der Waals surface area contributed by atoms with E-state index in [4.69, 9.17) is 4.74 Å². The molecule has 2 aliphatic rings. The number of ether oxygens (including phenoxy) is 1. The van der Waals surface area contributed by atoms with E-state index < -0.39 is 0 Å². The van der Waals surface area contributed by atoms with Gasteiger partial charge in [0, 0.05) is 30.4 Å². The summed E-state index contributed by atoms with van der Waals surface area (Å²) >= 11 is 0. The molecule has 1 aliphatic heterocycles. The lowest BCUT2D eigenvalue weighted by atomic mass is 9.90. The zero-order chi connectivity index (χ0) is 26.7. The van der Waals surface area contributed by atoms with Crippen LogP contribution in [0.1, 0.15) is 68.9 Å². The van der Waals surface area contributed by atoms with Gasteiger partial charge >= 0.3 is 0 Å². The van der Waals surface area contributed by atoms with Crippen molar-refractivity contribution in [1.29, 1.82) is 0 Å². The molecular formula is C28H37N5O4. The first kappa shape index (κ1) is 26.6. The Morgan fingerprint density at radius 3 is 2.51 bits per heavy atom. The van der Waals surface area contributed by atoms with E-state index in [1.165, 1.54) is 4.90 Å². The molecule has 198 valence electrons. The topological polar surface area (TPSA) is 104 Å². The first-order valence-electron chi connectivity index (χ1n) is 12.9. The van der Waals surface area contributed by atoms with Crippen molar-refractivity contribution in [3.63, 3.8) is 0 Å². The van der Waals surface area contributed by atoms with Crippen LogP contribution in [0.3, 0.4) is 0 Å². The molecule has 4 rings (SSSR count). The Morgan fingerprint density at radius 2 is 1.92 bits per heavy atom. The van der Waals surface area contributed by atoms with Gasteiger partial charge in [0.2, 0.25) is 17.7 Å². The lowest BCUT2D eigenvalue weighted by Gasteiger charge is -2.43. The zero-order valence-corrected chi connectivity index (χ0v) is 22.3. The third-order valence-electron chi connectivity index (χ3n) is 6.84. The summed E-state index contributed by atoms with van der Waals surface area (Å²) in [4.78, 5) is 47.1. The maximum atomic E-state index is 13.2. The Kier molecular flexibility index (Phi) is 7.82. The molecule has 1 atom stereocenters. The molecular weight excluding hydrogens is 470 g/mol. The molecule has 1 fully saturated rings. The van der Waals surface area contributed by atoms with Gasteiger partial charge in [-0.2, -0.15) is 0 Å². The van der Waals surface area contributed by atoms with Crippen molar-refractivity contribution in [2.45, 2.75) is 59.0 Å². The molecule has 0 spiro atoms. The van der Waals surface area contributed by atoms with Crippen molar-refractivity contribution < 1.29 is 19.1 Å². The number of carbonyl (C=O) groups excluding carboxylic acids is 3. The first-order chi connectivity index (χ1) is 17.6. The Labute approximate surface area is 218 Å². The van der Waals surface area contributed by atoms with Crippen molar-refractivity contribution in [1.82, 2.24) is 15.6 Å². The lowest BCUT2D eigenvalue weighted by molar-refractivity contribution is -0.123. The number of hydrogen-bond donors (Lipinski definition) is 2. The van der Waals surface area contributed by atoms with Gasteiger partial charge < -0.3 is 20.3 Å². The van der Waals surface area contributed by atoms with E-state index in [0.29, 0.717) is 29.4 Å². The number of rotatable bonds is 8. The molecule has 0 radical (unpaired) electrons. The van der Waals surface area contributed by atoms with Gasteiger partial charge in [0.15, 0.2) is 0 Å². The van der Waals surface area contributed by atoms with Crippen LogP contribution in [0.25, 0.3) is 0 Å². The molecule has 1 aliphatic carbocycles. The normalized spacial score (nSPS) is 16.6. The first-order valence-corrected chi connectivity index (χ1v) is 12.9. The van der Waals surface area contributed by atoms with Gasteiger partial charge in [-0.25, -0.2) is 4.98 Å². The highest BCUT2D eigenvalue weighted by Gasteiger charge is 2.38. The number of amides is 3. The van der Waals surface area contributed by atoms with Crippen LogP contribution in [0.15, 0.2) is 36.5 Å². The largest absolute Gasteiger partial charge is 0.481 e. The second-order valence-corrected chi connectivity index (χ2v) is 11.0. The van der Waals surface area contributed by atoms with E-state index >= 15 is 0 Å². The Balaban J connectivity index is 1.57. The van der Waals surface area contributed by atoms with Gasteiger partial charge in [-0.1, -0.05) is 26.8 Å². The predicted octanol–water partition coefficient (Wildman–Crippen LogP) is 3.45. The van der Waals surface area contributed by atoms with Crippen LogP contribution >= 0.6 is 0 Å². The maximum absolute atomic E-state index is 13.2. The summed E-state index contributed by atoms with van der Waals surface area (Å²) < 4.78 is 5.10. The van der Waals surface area contributed by atoms with Crippen LogP contribution in [0.2, 0.25) is 0 Å². The monoisotopic (exact) mass is 507 g/mol. The molecule has 1 unspecified atom stereocenters. The van der Waals surface area contributed by atoms with Gasteiger partial charge in [0.05, 0.1) is 31.1 Å². The number of nitrogens with one attached hydrogen (secondary N) is 2. The Bertz CT molecular complexity index is 1150. The summed E-state index contributed by atoms with van der Waals surface area (Å²) in [7, 11) is 1.55. The van der Waals surface area contributed by atoms with Crippen LogP contribution < -0.4 is 25.2 Å². The predicted molar refractivity (Wildman–Crippen MR) is 143 cm³/mol. The molecule has 9 nitrogen and oxygen atoms in total. The second kappa shape index (κ2) is 10.9. The number of nitrogens with zero attached hydrogens (tertiary/aromatic N) is 3. The third kappa shape index (κ3) is 6.10. The maximum Gasteiger partial charge on any atom is 0.251 e. The molecule has 2 N–H and O–H groups in total. The Morgan fingerprint density at radius 1 is 1.16 bits per heavy atom. The number of pyridine rings is 1. The van der Waals surface area contributed by atoms with Gasteiger partial charge in [0.25, 0.3) is 5.91 Å². The second-order valence-electron chi connectivity index (χ2n) is 11.0. The molecule has 1 aromatic heterocycles. The fourth-order valence-electron chi connectivity index (χ4n) is 4.56. The number of methoxy groups -OCH3 is 1. The highest BCUT2D eigenvalue weighted by Crippen LogP contribution is 2.40. The van der Waals surface area contributed by atoms with Crippen LogP contribution in [0.4, 0.5) is 11.4 Å². The van der Waals surface area contributed by atoms with Crippen molar-refractivity contribution in [2.75, 3.05) is 36.5 Å². The minimum absolute atomic E-state index is 0.0261. The standard InChI is InChI=1S/C28H37N5O4/c1-18(20-10-12-24(37-5)30-14-20)31-27(36)19-9-11-22-23(13-19)32(25(34)15-29-17-28(2,3)4)16-26(35)33(22)21-7-6-8-21/h9-14,18,21,29H,6-8,15-17H2,1-5H3,(H,31,36). The van der Waals surface area contributed by atoms with E-state index in [2.05, 4.69) is 36.4 Å². The fourth-order valence-corrected chi connectivity index (χ4v) is 4.56. The van der Waals surface area contributed by atoms with E-state index in [9.17, 15) is 14.4 Å². The van der Waals surface area contributed by atoms with Crippen LogP contribution in [-0.4, -0.2) is 55.5 Å². The number of benzene rings is 1. The number of carbonyl (C=O) groups is 3. The molecule has 9 heteroatoms. The summed E-state index contributed by atoms with van der Waals surface area (Å²) in [5.74, 6) is -0.0395. The number of fused-ring (bicyclic) bond motifs is 1. The molecule has 2 heterocycles. The molecule has 0 bridgehead atoms. The molecule has 1 saturated carbocycles. The average molecular weight is 508 g/mol. The van der Waals surface area contributed by atoms with E-state index in [-0.39, 0.29) is 48.3 Å². The number of anilines is 2. The molecule has 3 amide bonds. The van der Waals surface area contributed by atoms with Crippen LogP contribution in [-0.2, 0) is 9.59 Å². The van der Waals surface area contributed by atoms with Gasteiger partial charge in [-0.15, -0.1) is 0 Å². The molecule has 37 heavy (non-hydrogen) atoms. The number of aromatic nitrogens is 1. The van der Waals surface area contributed by atoms with E-state index in [1.807, 2.05) is 17.9 Å². The summed E-state index contributed by atoms with van der Waals surface area (Å²) in [5, 5.41) is 6.20. The average Bonchev–Trinajstić information content (AvgIpc) is 2.83. The lowest BCUT2D eigenvalue weighted by Crippen LogP contribution is -2.55. The summed E-state index contributed by atoms with van der Waals surface area (Å²) in [6.45, 7) is 8.91. The zero-order valence-electron chi connectivity index (χ0n) is 22.3. The summed E-state index contributed by atoms with van der Waals surface area (Å²) in [5.41, 5.74) is 2.58. The van der Waals surface area contributed by atoms with Gasteiger partial charge in [0.1, 0.15) is 6.54 Å². The highest BCUT2D eigenvalue weighted by atomic mass is 16.5. The van der Waals surface area contributed by atoms with E-state index in [1.54, 1.807) is 37.6 Å². The third-order valence-corrected chi connectivity index (χ3v) is 6.84.